The number of nitrogens with one attached hydrogen (secondary N) is 1. The lowest BCUT2D eigenvalue weighted by Crippen LogP contribution is -2.45. The van der Waals surface area contributed by atoms with Crippen LogP contribution in [0, 0.1) is 0 Å². The number of rotatable bonds is 5. The fourth-order valence-electron chi connectivity index (χ4n) is 2.27. The van der Waals surface area contributed by atoms with Crippen molar-refractivity contribution in [3.05, 3.63) is 24.3 Å². The molecular weight excluding hydrogens is 228 g/mol. The van der Waals surface area contributed by atoms with E-state index in [0.717, 1.165) is 38.5 Å². The van der Waals surface area contributed by atoms with Crippen LogP contribution >= 0.6 is 0 Å². The zero-order valence-electron chi connectivity index (χ0n) is 11.2. The van der Waals surface area contributed by atoms with Gasteiger partial charge >= 0.3 is 0 Å². The summed E-state index contributed by atoms with van der Waals surface area (Å²) in [5, 5.41) is 3.56. The van der Waals surface area contributed by atoms with Crippen LogP contribution in [0.5, 0.6) is 0 Å². The molecule has 0 amide bonds. The highest BCUT2D eigenvalue weighted by Gasteiger charge is 2.16. The first-order valence-electron chi connectivity index (χ1n) is 6.58. The van der Waals surface area contributed by atoms with Crippen molar-refractivity contribution < 1.29 is 4.74 Å². The van der Waals surface area contributed by atoms with Gasteiger partial charge in [0.25, 0.3) is 0 Å². The molecule has 1 N–H and O–H groups in total. The van der Waals surface area contributed by atoms with E-state index in [1.165, 1.54) is 0 Å². The third kappa shape index (κ3) is 4.01. The summed E-state index contributed by atoms with van der Waals surface area (Å²) < 4.78 is 5.35. The SMILES string of the molecule is CC(CN1CCOCC1)NC(C)c1cnccn1. The molecule has 2 atom stereocenters. The van der Waals surface area contributed by atoms with Gasteiger partial charge in [-0.15, -0.1) is 0 Å². The molecule has 2 unspecified atom stereocenters. The van der Waals surface area contributed by atoms with E-state index >= 15 is 0 Å². The van der Waals surface area contributed by atoms with E-state index in [9.17, 15) is 0 Å². The zero-order chi connectivity index (χ0) is 12.8. The molecule has 1 saturated heterocycles. The van der Waals surface area contributed by atoms with E-state index in [1.54, 1.807) is 12.4 Å². The first-order valence-corrected chi connectivity index (χ1v) is 6.58. The smallest absolute Gasteiger partial charge is 0.0753 e. The minimum atomic E-state index is 0.231. The Morgan fingerprint density at radius 1 is 1.33 bits per heavy atom. The van der Waals surface area contributed by atoms with Crippen LogP contribution in [-0.2, 0) is 4.74 Å². The van der Waals surface area contributed by atoms with Crippen molar-refractivity contribution in [1.29, 1.82) is 0 Å². The van der Waals surface area contributed by atoms with Crippen molar-refractivity contribution in [2.75, 3.05) is 32.8 Å². The largest absolute Gasteiger partial charge is 0.379 e. The Hall–Kier alpha value is -1.04. The van der Waals surface area contributed by atoms with Gasteiger partial charge in [-0.2, -0.15) is 0 Å². The maximum atomic E-state index is 5.35. The summed E-state index contributed by atoms with van der Waals surface area (Å²) in [4.78, 5) is 10.9. The van der Waals surface area contributed by atoms with Crippen molar-refractivity contribution in [3.8, 4) is 0 Å². The first kappa shape index (κ1) is 13.4. The molecule has 100 valence electrons. The second-order valence-corrected chi connectivity index (χ2v) is 4.83. The normalized spacial score (nSPS) is 20.6. The number of hydrogen-bond acceptors (Lipinski definition) is 5. The molecule has 1 fully saturated rings. The van der Waals surface area contributed by atoms with Crippen molar-refractivity contribution in [3.63, 3.8) is 0 Å². The minimum absolute atomic E-state index is 0.231. The third-order valence-corrected chi connectivity index (χ3v) is 3.20. The highest BCUT2D eigenvalue weighted by atomic mass is 16.5. The van der Waals surface area contributed by atoms with Gasteiger partial charge in [0, 0.05) is 50.3 Å². The molecule has 2 rings (SSSR count). The van der Waals surface area contributed by atoms with Gasteiger partial charge in [-0.3, -0.25) is 14.9 Å². The highest BCUT2D eigenvalue weighted by Crippen LogP contribution is 2.08. The van der Waals surface area contributed by atoms with Gasteiger partial charge in [0.15, 0.2) is 0 Å². The molecule has 1 aliphatic rings. The second-order valence-electron chi connectivity index (χ2n) is 4.83. The van der Waals surface area contributed by atoms with Crippen LogP contribution in [0.2, 0.25) is 0 Å². The summed E-state index contributed by atoms with van der Waals surface area (Å²) in [6.45, 7) is 9.16. The summed E-state index contributed by atoms with van der Waals surface area (Å²) in [6.07, 6.45) is 5.26. The maximum absolute atomic E-state index is 5.35. The Balaban J connectivity index is 1.78. The van der Waals surface area contributed by atoms with Gasteiger partial charge < -0.3 is 10.1 Å². The predicted octanol–water partition coefficient (Wildman–Crippen LogP) is 0.848. The van der Waals surface area contributed by atoms with Crippen molar-refractivity contribution in [2.45, 2.75) is 25.9 Å². The van der Waals surface area contributed by atoms with Crippen molar-refractivity contribution in [1.82, 2.24) is 20.2 Å². The molecule has 2 heterocycles. The molecule has 1 aromatic rings. The lowest BCUT2D eigenvalue weighted by molar-refractivity contribution is 0.0339. The average Bonchev–Trinajstić information content (AvgIpc) is 2.40. The number of aromatic nitrogens is 2. The maximum Gasteiger partial charge on any atom is 0.0753 e. The van der Waals surface area contributed by atoms with Crippen molar-refractivity contribution >= 4 is 0 Å². The summed E-state index contributed by atoms with van der Waals surface area (Å²) in [7, 11) is 0. The molecule has 0 radical (unpaired) electrons. The molecule has 0 aromatic carbocycles. The summed E-state index contributed by atoms with van der Waals surface area (Å²) in [6, 6.07) is 0.662. The van der Waals surface area contributed by atoms with Gasteiger partial charge in [-0.05, 0) is 13.8 Å². The van der Waals surface area contributed by atoms with Gasteiger partial charge in [0.2, 0.25) is 0 Å². The third-order valence-electron chi connectivity index (χ3n) is 3.20. The van der Waals surface area contributed by atoms with Crippen LogP contribution in [-0.4, -0.2) is 53.8 Å². The van der Waals surface area contributed by atoms with Crippen LogP contribution < -0.4 is 5.32 Å². The number of morpholine rings is 1. The number of hydrogen-bond donors (Lipinski definition) is 1. The van der Waals surface area contributed by atoms with E-state index in [4.69, 9.17) is 4.74 Å². The molecule has 18 heavy (non-hydrogen) atoms. The quantitative estimate of drug-likeness (QED) is 0.839. The van der Waals surface area contributed by atoms with Crippen LogP contribution in [0.4, 0.5) is 0 Å². The topological polar surface area (TPSA) is 50.3 Å². The lowest BCUT2D eigenvalue weighted by atomic mass is 10.2. The fraction of sp³-hybridized carbons (Fsp3) is 0.692. The molecule has 0 aliphatic carbocycles. The Morgan fingerprint density at radius 3 is 2.78 bits per heavy atom. The van der Waals surface area contributed by atoms with Crippen molar-refractivity contribution in [2.24, 2.45) is 0 Å². The van der Waals surface area contributed by atoms with Gasteiger partial charge in [0.1, 0.15) is 0 Å². The number of ether oxygens (including phenoxy) is 1. The molecule has 1 aliphatic heterocycles. The van der Waals surface area contributed by atoms with E-state index in [1.807, 2.05) is 6.20 Å². The molecule has 1 aromatic heterocycles. The van der Waals surface area contributed by atoms with E-state index in [2.05, 4.69) is 34.0 Å². The lowest BCUT2D eigenvalue weighted by Gasteiger charge is -2.30. The molecular formula is C13H22N4O. The fourth-order valence-corrected chi connectivity index (χ4v) is 2.27. The van der Waals surface area contributed by atoms with Gasteiger partial charge in [-0.1, -0.05) is 0 Å². The Morgan fingerprint density at radius 2 is 2.11 bits per heavy atom. The van der Waals surface area contributed by atoms with E-state index in [-0.39, 0.29) is 6.04 Å². The second kappa shape index (κ2) is 6.78. The highest BCUT2D eigenvalue weighted by molar-refractivity contribution is 5.01. The summed E-state index contributed by atoms with van der Waals surface area (Å²) in [5.41, 5.74) is 0.992. The Bertz CT molecular complexity index is 340. The standard InChI is InChI=1S/C13H22N4O/c1-11(10-17-5-7-18-8-6-17)16-12(2)13-9-14-3-4-15-13/h3-4,9,11-12,16H,5-8,10H2,1-2H3. The van der Waals surface area contributed by atoms with Gasteiger partial charge in [-0.25, -0.2) is 0 Å². The minimum Gasteiger partial charge on any atom is -0.379 e. The average molecular weight is 250 g/mol. The summed E-state index contributed by atoms with van der Waals surface area (Å²) in [5.74, 6) is 0. The number of nitrogens with zero attached hydrogens (tertiary/aromatic N) is 3. The predicted molar refractivity (Wildman–Crippen MR) is 70.3 cm³/mol. The van der Waals surface area contributed by atoms with E-state index < -0.39 is 0 Å². The van der Waals surface area contributed by atoms with E-state index in [0.29, 0.717) is 6.04 Å². The summed E-state index contributed by atoms with van der Waals surface area (Å²) >= 11 is 0. The van der Waals surface area contributed by atoms with Gasteiger partial charge in [0.05, 0.1) is 18.9 Å². The zero-order valence-corrected chi connectivity index (χ0v) is 11.2. The Labute approximate surface area is 109 Å². The first-order chi connectivity index (χ1) is 8.75. The molecule has 5 nitrogen and oxygen atoms in total. The van der Waals surface area contributed by atoms with Crippen LogP contribution in [0.25, 0.3) is 0 Å². The Kier molecular flexibility index (Phi) is 5.04. The molecule has 0 bridgehead atoms. The van der Waals surface area contributed by atoms with Crippen LogP contribution in [0.3, 0.4) is 0 Å². The van der Waals surface area contributed by atoms with Crippen LogP contribution in [0.1, 0.15) is 25.6 Å². The monoisotopic (exact) mass is 250 g/mol. The van der Waals surface area contributed by atoms with Crippen LogP contribution in [0.15, 0.2) is 18.6 Å². The molecule has 0 saturated carbocycles. The molecule has 0 spiro atoms. The molecule has 5 heteroatoms.